The van der Waals surface area contributed by atoms with Crippen LogP contribution in [-0.4, -0.2) is 0 Å². The van der Waals surface area contributed by atoms with Gasteiger partial charge in [0.05, 0.1) is 17.2 Å². The molecule has 0 aliphatic rings. The molecule has 0 saturated heterocycles. The molecule has 8 aromatic rings. The van der Waals surface area contributed by atoms with Crippen molar-refractivity contribution in [2.75, 3.05) is 0 Å². The van der Waals surface area contributed by atoms with E-state index in [1.807, 2.05) is 44.2 Å². The highest BCUT2D eigenvalue weighted by atomic mass is 19.4. The zero-order valence-electron chi connectivity index (χ0n) is 51.2. The molecule has 0 heterocycles. The molecule has 0 spiro atoms. The Kier molecular flexibility index (Phi) is 30.6. The van der Waals surface area contributed by atoms with E-state index < -0.39 is 11.7 Å². The second kappa shape index (κ2) is 35.5. The number of nitriles is 1. The van der Waals surface area contributed by atoms with Crippen LogP contribution >= 0.6 is 0 Å². The Balaban J connectivity index is 0.000000317. The molecular weight excluding hydrogens is 972 g/mol. The lowest BCUT2D eigenvalue weighted by Gasteiger charge is -2.09. The lowest BCUT2D eigenvalue weighted by atomic mass is 9.99. The van der Waals surface area contributed by atoms with Crippen molar-refractivity contribution in [3.63, 3.8) is 0 Å². The average Bonchev–Trinajstić information content (AvgIpc) is 3.42. The molecule has 0 aliphatic heterocycles. The molecule has 0 aliphatic carbocycles. The third-order valence-corrected chi connectivity index (χ3v) is 13.4. The van der Waals surface area contributed by atoms with E-state index in [2.05, 4.69) is 262 Å². The summed E-state index contributed by atoms with van der Waals surface area (Å²) in [5, 5.41) is 8.52. The van der Waals surface area contributed by atoms with Crippen molar-refractivity contribution in [2.45, 2.75) is 172 Å². The Bertz CT molecular complexity index is 2860. The SMILES string of the molecule is CC(C)c1ccc(-c2ccccc2)cc1.CC(C)c1ccc(C#N)cc1.CC(C)c1ccc(C(F)(F)F)cc1.Cc1ccc(C(C)C)cc1.Cc1cccc(C(C)C)c1.Cc1ccccc1C(C)C.Cc1ccccc1C(C)C. The topological polar surface area (TPSA) is 23.8 Å². The molecule has 0 atom stereocenters. The van der Waals surface area contributed by atoms with Crippen molar-refractivity contribution < 1.29 is 13.2 Å². The van der Waals surface area contributed by atoms with E-state index in [0.717, 1.165) is 23.3 Å². The fourth-order valence-corrected chi connectivity index (χ4v) is 8.14. The highest BCUT2D eigenvalue weighted by Crippen LogP contribution is 2.30. The minimum atomic E-state index is -4.23. The minimum Gasteiger partial charge on any atom is -0.192 e. The molecule has 1 nitrogen and oxygen atoms in total. The summed E-state index contributed by atoms with van der Waals surface area (Å²) in [6.45, 7) is 38.9. The molecule has 79 heavy (non-hydrogen) atoms. The molecule has 0 aromatic heterocycles. The average molecular weight is 1070 g/mol. The van der Waals surface area contributed by atoms with Crippen molar-refractivity contribution in [3.05, 3.63) is 273 Å². The van der Waals surface area contributed by atoms with Gasteiger partial charge in [0.2, 0.25) is 0 Å². The van der Waals surface area contributed by atoms with Gasteiger partial charge in [-0.05, 0) is 155 Å². The quantitative estimate of drug-likeness (QED) is 0.149. The van der Waals surface area contributed by atoms with Crippen LogP contribution in [0.25, 0.3) is 11.1 Å². The molecule has 8 rings (SSSR count). The number of benzene rings is 8. The van der Waals surface area contributed by atoms with Crippen LogP contribution in [0, 0.1) is 39.0 Å². The van der Waals surface area contributed by atoms with Crippen LogP contribution in [-0.2, 0) is 6.18 Å². The summed E-state index contributed by atoms with van der Waals surface area (Å²) in [5.41, 5.74) is 17.6. The standard InChI is InChI=1S/C15H16.C10H11F3.C10H11N.4C10H14/c1-12(2)13-8-10-15(11-9-13)14-6-4-3-5-7-14;1-7(2)8-3-5-9(6-4-8)10(11,12)13;1-8(2)10-5-3-9(7-11)4-6-10;1-8(2)10-6-4-9(3)5-7-10;1-8(2)10-6-4-5-9(3)7-10;2*1-8(2)10-7-5-4-6-9(10)3/h3-12H,1-2H3;3-7H,1-2H3;3-6,8H,1-2H3;4*4-8H,1-3H3. The third kappa shape index (κ3) is 26.5. The summed E-state index contributed by atoms with van der Waals surface area (Å²) in [6.07, 6.45) is -4.23. The zero-order chi connectivity index (χ0) is 59.2. The Morgan fingerprint density at radius 3 is 0.975 bits per heavy atom. The first kappa shape index (κ1) is 68.1. The number of nitrogens with zero attached hydrogens (tertiary/aromatic N) is 1. The second-order valence-electron chi connectivity index (χ2n) is 22.5. The fourth-order valence-electron chi connectivity index (χ4n) is 8.14. The van der Waals surface area contributed by atoms with E-state index in [4.69, 9.17) is 5.26 Å². The zero-order valence-corrected chi connectivity index (χ0v) is 51.2. The van der Waals surface area contributed by atoms with E-state index in [-0.39, 0.29) is 5.92 Å². The molecular formula is C75H94F3N. The van der Waals surface area contributed by atoms with Crippen LogP contribution in [0.5, 0.6) is 0 Å². The van der Waals surface area contributed by atoms with Gasteiger partial charge < -0.3 is 0 Å². The van der Waals surface area contributed by atoms with Crippen LogP contribution in [0.3, 0.4) is 0 Å². The first-order valence-corrected chi connectivity index (χ1v) is 28.3. The molecule has 8 aromatic carbocycles. The predicted octanol–water partition coefficient (Wildman–Crippen LogP) is 23.5. The molecule has 0 fully saturated rings. The van der Waals surface area contributed by atoms with Gasteiger partial charge in [0.1, 0.15) is 0 Å². The van der Waals surface area contributed by atoms with Gasteiger partial charge in [-0.15, -0.1) is 0 Å². The fraction of sp³-hybridized carbons (Fsp3) is 0.347. The number of aryl methyl sites for hydroxylation is 4. The van der Waals surface area contributed by atoms with E-state index in [1.165, 1.54) is 78.9 Å². The molecule has 0 radical (unpaired) electrons. The Morgan fingerprint density at radius 2 is 0.658 bits per heavy atom. The molecule has 0 amide bonds. The van der Waals surface area contributed by atoms with Crippen molar-refractivity contribution in [3.8, 4) is 17.2 Å². The molecule has 0 N–H and O–H groups in total. The molecule has 0 saturated carbocycles. The lowest BCUT2D eigenvalue weighted by Crippen LogP contribution is -2.04. The maximum Gasteiger partial charge on any atom is 0.416 e. The van der Waals surface area contributed by atoms with Crippen molar-refractivity contribution >= 4 is 0 Å². The number of rotatable bonds is 8. The number of hydrogen-bond donors (Lipinski definition) is 0. The minimum absolute atomic E-state index is 0.266. The van der Waals surface area contributed by atoms with E-state index >= 15 is 0 Å². The summed E-state index contributed by atoms with van der Waals surface area (Å²) in [6, 6.07) is 68.9. The Morgan fingerprint density at radius 1 is 0.316 bits per heavy atom. The van der Waals surface area contributed by atoms with Crippen molar-refractivity contribution in [1.29, 1.82) is 5.26 Å². The number of alkyl halides is 3. The molecule has 420 valence electrons. The van der Waals surface area contributed by atoms with Gasteiger partial charge in [-0.3, -0.25) is 0 Å². The highest BCUT2D eigenvalue weighted by Gasteiger charge is 2.30. The third-order valence-electron chi connectivity index (χ3n) is 13.4. The summed E-state index contributed by atoms with van der Waals surface area (Å²) in [5.74, 6) is 4.03. The maximum atomic E-state index is 12.1. The van der Waals surface area contributed by atoms with Crippen LogP contribution in [0.4, 0.5) is 13.2 Å². The van der Waals surface area contributed by atoms with E-state index in [9.17, 15) is 13.2 Å². The van der Waals surface area contributed by atoms with Gasteiger partial charge in [-0.25, -0.2) is 0 Å². The van der Waals surface area contributed by atoms with Crippen LogP contribution in [0.1, 0.15) is 211 Å². The van der Waals surface area contributed by atoms with Crippen molar-refractivity contribution in [2.24, 2.45) is 0 Å². The highest BCUT2D eigenvalue weighted by molar-refractivity contribution is 5.63. The van der Waals surface area contributed by atoms with Gasteiger partial charge in [-0.1, -0.05) is 284 Å². The normalized spacial score (nSPS) is 10.6. The Hall–Kier alpha value is -6.96. The lowest BCUT2D eigenvalue weighted by molar-refractivity contribution is -0.137. The second-order valence-corrected chi connectivity index (χ2v) is 22.5. The van der Waals surface area contributed by atoms with Gasteiger partial charge >= 0.3 is 6.18 Å². The van der Waals surface area contributed by atoms with E-state index in [1.54, 1.807) is 0 Å². The monoisotopic (exact) mass is 1070 g/mol. The number of hydrogen-bond acceptors (Lipinski definition) is 1. The molecule has 0 unspecified atom stereocenters. The number of halogens is 3. The van der Waals surface area contributed by atoms with Crippen LogP contribution in [0.15, 0.2) is 200 Å². The van der Waals surface area contributed by atoms with Crippen molar-refractivity contribution in [1.82, 2.24) is 0 Å². The summed E-state index contributed by atoms with van der Waals surface area (Å²) in [4.78, 5) is 0. The van der Waals surface area contributed by atoms with Gasteiger partial charge in [-0.2, -0.15) is 18.4 Å². The Labute approximate surface area is 478 Å². The largest absolute Gasteiger partial charge is 0.416 e. The van der Waals surface area contributed by atoms with Crippen LogP contribution in [0.2, 0.25) is 0 Å². The first-order valence-electron chi connectivity index (χ1n) is 28.3. The summed E-state index contributed by atoms with van der Waals surface area (Å²) < 4.78 is 36.4. The summed E-state index contributed by atoms with van der Waals surface area (Å²) >= 11 is 0. The van der Waals surface area contributed by atoms with Gasteiger partial charge in [0.25, 0.3) is 0 Å². The predicted molar refractivity (Wildman–Crippen MR) is 338 cm³/mol. The first-order chi connectivity index (χ1) is 37.2. The maximum absolute atomic E-state index is 12.1. The van der Waals surface area contributed by atoms with Gasteiger partial charge in [0.15, 0.2) is 0 Å². The molecule has 0 bridgehead atoms. The smallest absolute Gasteiger partial charge is 0.192 e. The van der Waals surface area contributed by atoms with E-state index in [0.29, 0.717) is 35.5 Å². The molecule has 4 heteroatoms. The van der Waals surface area contributed by atoms with Crippen LogP contribution < -0.4 is 0 Å². The summed E-state index contributed by atoms with van der Waals surface area (Å²) in [7, 11) is 0. The van der Waals surface area contributed by atoms with Gasteiger partial charge in [0, 0.05) is 0 Å².